The van der Waals surface area contributed by atoms with Crippen molar-refractivity contribution in [3.63, 3.8) is 0 Å². The standard InChI is InChI=1S/C17H18N2O2.C2H6.CH3.Y/c1-6-12(3)21-16-13(4)18-19(5)17(20)15(16)14-10-8-7-9-11(14)2;1-2;;/h1,7-10,12H,2-5H3;1-2H3;1H3;/q;;-1;. The van der Waals surface area contributed by atoms with Gasteiger partial charge in [-0.2, -0.15) is 5.10 Å². The van der Waals surface area contributed by atoms with Gasteiger partial charge < -0.3 is 12.2 Å². The van der Waals surface area contributed by atoms with Crippen molar-refractivity contribution < 1.29 is 37.4 Å². The first kappa shape index (κ1) is 25.8. The van der Waals surface area contributed by atoms with E-state index in [1.165, 1.54) is 4.68 Å². The summed E-state index contributed by atoms with van der Waals surface area (Å²) in [5, 5.41) is 4.19. The normalized spacial score (nSPS) is 10.1. The summed E-state index contributed by atoms with van der Waals surface area (Å²) in [6, 6.07) is 7.69. The van der Waals surface area contributed by atoms with Crippen LogP contribution in [0.2, 0.25) is 0 Å². The number of ether oxygens (including phenoxy) is 1. The number of hydrogen-bond donors (Lipinski definition) is 0. The molecule has 0 saturated carbocycles. The van der Waals surface area contributed by atoms with E-state index in [9.17, 15) is 4.79 Å². The van der Waals surface area contributed by atoms with Crippen LogP contribution in [-0.2, 0) is 39.8 Å². The summed E-state index contributed by atoms with van der Waals surface area (Å²) in [4.78, 5) is 12.5. The molecule has 1 radical (unpaired) electrons. The monoisotopic (exact) mass is 416 g/mol. The summed E-state index contributed by atoms with van der Waals surface area (Å²) in [6.45, 7) is 9.53. The largest absolute Gasteiger partial charge is 0.475 e. The molecule has 25 heavy (non-hydrogen) atoms. The molecule has 0 bridgehead atoms. The van der Waals surface area contributed by atoms with Crippen molar-refractivity contribution in [2.75, 3.05) is 0 Å². The molecule has 0 saturated heterocycles. The van der Waals surface area contributed by atoms with Crippen LogP contribution in [0, 0.1) is 33.6 Å². The molecule has 4 nitrogen and oxygen atoms in total. The zero-order chi connectivity index (χ0) is 17.6. The van der Waals surface area contributed by atoms with Crippen molar-refractivity contribution in [1.29, 1.82) is 0 Å². The fraction of sp³-hybridized carbons (Fsp3) is 0.350. The third-order valence-corrected chi connectivity index (χ3v) is 3.31. The smallest absolute Gasteiger partial charge is 0.278 e. The second-order valence-electron chi connectivity index (χ2n) is 4.96. The third kappa shape index (κ3) is 6.10. The summed E-state index contributed by atoms with van der Waals surface area (Å²) >= 11 is 0. The zero-order valence-corrected chi connectivity index (χ0v) is 19.1. The predicted octanol–water partition coefficient (Wildman–Crippen LogP) is 3.94. The number of benzene rings is 1. The average molecular weight is 416 g/mol. The number of hydrogen-bond acceptors (Lipinski definition) is 3. The summed E-state index contributed by atoms with van der Waals surface area (Å²) < 4.78 is 7.08. The van der Waals surface area contributed by atoms with Crippen LogP contribution < -0.4 is 10.3 Å². The van der Waals surface area contributed by atoms with Crippen LogP contribution in [-0.4, -0.2) is 15.9 Å². The predicted molar refractivity (Wildman–Crippen MR) is 101 cm³/mol. The van der Waals surface area contributed by atoms with Gasteiger partial charge >= 0.3 is 0 Å². The summed E-state index contributed by atoms with van der Waals surface area (Å²) in [6.07, 6.45) is 4.95. The van der Waals surface area contributed by atoms with E-state index in [-0.39, 0.29) is 45.7 Å². The Bertz CT molecular complexity index is 776. The van der Waals surface area contributed by atoms with Gasteiger partial charge in [0.15, 0.2) is 11.9 Å². The second-order valence-corrected chi connectivity index (χ2v) is 4.96. The topological polar surface area (TPSA) is 44.1 Å². The Hall–Kier alpha value is -1.44. The molecule has 0 spiro atoms. The van der Waals surface area contributed by atoms with Crippen molar-refractivity contribution in [3.05, 3.63) is 53.3 Å². The van der Waals surface area contributed by atoms with Crippen LogP contribution in [0.4, 0.5) is 0 Å². The van der Waals surface area contributed by atoms with E-state index < -0.39 is 6.10 Å². The minimum atomic E-state index is -0.430. The van der Waals surface area contributed by atoms with Crippen LogP contribution >= 0.6 is 0 Å². The Morgan fingerprint density at radius 1 is 1.24 bits per heavy atom. The van der Waals surface area contributed by atoms with Crippen LogP contribution in [0.5, 0.6) is 5.75 Å². The van der Waals surface area contributed by atoms with Crippen LogP contribution in [0.15, 0.2) is 29.1 Å². The minimum Gasteiger partial charge on any atom is -0.475 e. The van der Waals surface area contributed by atoms with Gasteiger partial charge in [-0.05, 0) is 31.9 Å². The Balaban J connectivity index is 0. The molecule has 133 valence electrons. The van der Waals surface area contributed by atoms with E-state index in [4.69, 9.17) is 11.2 Å². The molecule has 0 N–H and O–H groups in total. The Morgan fingerprint density at radius 2 is 1.80 bits per heavy atom. The molecule has 2 rings (SSSR count). The van der Waals surface area contributed by atoms with E-state index in [1.54, 1.807) is 20.9 Å². The van der Waals surface area contributed by atoms with Gasteiger partial charge in [-0.25, -0.2) is 4.68 Å². The van der Waals surface area contributed by atoms with Crippen molar-refractivity contribution >= 4 is 0 Å². The van der Waals surface area contributed by atoms with Gasteiger partial charge in [-0.3, -0.25) is 4.79 Å². The molecule has 5 heteroatoms. The van der Waals surface area contributed by atoms with E-state index in [2.05, 4.69) is 11.0 Å². The molecule has 0 aliphatic rings. The number of aromatic nitrogens is 2. The van der Waals surface area contributed by atoms with Gasteiger partial charge in [-0.1, -0.05) is 44.0 Å². The first-order valence-electron chi connectivity index (χ1n) is 7.72. The maximum absolute atomic E-state index is 12.5. The van der Waals surface area contributed by atoms with Crippen LogP contribution in [0.1, 0.15) is 32.0 Å². The van der Waals surface area contributed by atoms with Gasteiger partial charge in [0.05, 0.1) is 5.56 Å². The number of terminal acetylenes is 1. The average Bonchev–Trinajstić information content (AvgIpc) is 2.55. The maximum atomic E-state index is 12.5. The molecule has 1 aromatic heterocycles. The quantitative estimate of drug-likeness (QED) is 0.563. The number of nitrogens with zero attached hydrogens (tertiary/aromatic N) is 2. The number of aryl methyl sites for hydroxylation is 3. The van der Waals surface area contributed by atoms with Gasteiger partial charge in [0.1, 0.15) is 5.69 Å². The first-order chi connectivity index (χ1) is 11.0. The molecule has 1 unspecified atom stereocenters. The van der Waals surface area contributed by atoms with E-state index in [1.807, 2.05) is 45.0 Å². The maximum Gasteiger partial charge on any atom is 0.278 e. The molecule has 0 aliphatic heterocycles. The van der Waals surface area contributed by atoms with E-state index in [0.717, 1.165) is 11.1 Å². The van der Waals surface area contributed by atoms with Gasteiger partial charge in [0.2, 0.25) is 0 Å². The summed E-state index contributed by atoms with van der Waals surface area (Å²) in [7, 11) is 1.63. The van der Waals surface area contributed by atoms with Crippen LogP contribution in [0.3, 0.4) is 0 Å². The third-order valence-electron chi connectivity index (χ3n) is 3.31. The molecular formula is C20H27N2O2Y-. The SMILES string of the molecule is C#CC(C)Oc1c(C)nn(C)c(=O)c1-c1ccccc1C.CC.[CH3-].[Y]. The first-order valence-corrected chi connectivity index (χ1v) is 7.72. The molecule has 0 amide bonds. The van der Waals surface area contributed by atoms with Crippen molar-refractivity contribution in [2.24, 2.45) is 7.05 Å². The van der Waals surface area contributed by atoms with Gasteiger partial charge in [0, 0.05) is 39.8 Å². The van der Waals surface area contributed by atoms with E-state index in [0.29, 0.717) is 17.0 Å². The molecule has 0 aliphatic carbocycles. The molecule has 0 fully saturated rings. The second kappa shape index (κ2) is 12.0. The van der Waals surface area contributed by atoms with Crippen molar-refractivity contribution in [2.45, 2.75) is 40.7 Å². The Labute approximate surface area is 176 Å². The van der Waals surface area contributed by atoms with Crippen molar-refractivity contribution in [1.82, 2.24) is 9.78 Å². The van der Waals surface area contributed by atoms with Gasteiger partial charge in [0.25, 0.3) is 5.56 Å². The summed E-state index contributed by atoms with van der Waals surface area (Å²) in [5.41, 5.74) is 2.78. The van der Waals surface area contributed by atoms with Crippen LogP contribution in [0.25, 0.3) is 11.1 Å². The summed E-state index contributed by atoms with van der Waals surface area (Å²) in [5.74, 6) is 2.97. The molecule has 1 heterocycles. The molecule has 1 aromatic carbocycles. The fourth-order valence-electron chi connectivity index (χ4n) is 2.20. The Kier molecular flexibility index (Phi) is 12.4. The minimum absolute atomic E-state index is 0. The fourth-order valence-corrected chi connectivity index (χ4v) is 2.20. The molecule has 1 atom stereocenters. The Morgan fingerprint density at radius 3 is 2.32 bits per heavy atom. The zero-order valence-electron chi connectivity index (χ0n) is 16.3. The molecule has 2 aromatic rings. The van der Waals surface area contributed by atoms with Crippen molar-refractivity contribution in [3.8, 4) is 29.2 Å². The van der Waals surface area contributed by atoms with E-state index >= 15 is 0 Å². The molecular weight excluding hydrogens is 389 g/mol. The number of rotatable bonds is 3. The van der Waals surface area contributed by atoms with Gasteiger partial charge in [-0.15, -0.1) is 6.42 Å².